The zero-order valence-corrected chi connectivity index (χ0v) is 10.8. The van der Waals surface area contributed by atoms with Gasteiger partial charge in [0.1, 0.15) is 0 Å². The van der Waals surface area contributed by atoms with E-state index in [2.05, 4.69) is 37.4 Å². The minimum atomic E-state index is 0.524. The first-order valence-electron chi connectivity index (χ1n) is 6.12. The van der Waals surface area contributed by atoms with Gasteiger partial charge in [-0.25, -0.2) is 0 Å². The fourth-order valence-electron chi connectivity index (χ4n) is 2.71. The van der Waals surface area contributed by atoms with Gasteiger partial charge in [0.15, 0.2) is 0 Å². The van der Waals surface area contributed by atoms with E-state index in [1.165, 1.54) is 50.3 Å². The summed E-state index contributed by atoms with van der Waals surface area (Å²) in [5.74, 6) is 2.68. The van der Waals surface area contributed by atoms with Crippen LogP contribution in [-0.4, -0.2) is 35.0 Å². The molecule has 0 aromatic carbocycles. The van der Waals surface area contributed by atoms with Crippen molar-refractivity contribution in [3.8, 4) is 0 Å². The third-order valence-electron chi connectivity index (χ3n) is 3.71. The maximum Gasteiger partial charge on any atom is 0.0204 e. The Balaban J connectivity index is 2.62. The lowest BCUT2D eigenvalue weighted by atomic mass is 9.86. The van der Waals surface area contributed by atoms with Crippen LogP contribution in [0, 0.1) is 0 Å². The van der Waals surface area contributed by atoms with E-state index in [0.29, 0.717) is 5.54 Å². The first-order valence-corrected chi connectivity index (χ1v) is 7.27. The van der Waals surface area contributed by atoms with Crippen LogP contribution in [0.4, 0.5) is 0 Å². The first-order chi connectivity index (χ1) is 6.79. The molecule has 0 N–H and O–H groups in total. The Labute approximate surface area is 93.6 Å². The zero-order chi connectivity index (χ0) is 10.4. The normalized spacial score (nSPS) is 19.9. The van der Waals surface area contributed by atoms with E-state index in [-0.39, 0.29) is 0 Å². The van der Waals surface area contributed by atoms with Crippen molar-refractivity contribution in [2.45, 2.75) is 52.0 Å². The van der Waals surface area contributed by atoms with Crippen molar-refractivity contribution < 1.29 is 0 Å². The first kappa shape index (κ1) is 12.4. The quantitative estimate of drug-likeness (QED) is 0.691. The fourth-order valence-corrected chi connectivity index (χ4v) is 3.62. The van der Waals surface area contributed by atoms with Crippen molar-refractivity contribution >= 4 is 11.8 Å². The molecule has 1 aliphatic rings. The fraction of sp³-hybridized carbons (Fsp3) is 1.00. The zero-order valence-electron chi connectivity index (χ0n) is 10.0. The molecule has 0 aromatic heterocycles. The summed E-state index contributed by atoms with van der Waals surface area (Å²) in [6.07, 6.45) is 5.35. The highest BCUT2D eigenvalue weighted by Crippen LogP contribution is 2.31. The van der Waals surface area contributed by atoms with Crippen LogP contribution in [-0.2, 0) is 0 Å². The topological polar surface area (TPSA) is 3.24 Å². The minimum absolute atomic E-state index is 0.524. The summed E-state index contributed by atoms with van der Waals surface area (Å²) in [6, 6.07) is 0. The molecule has 0 aromatic rings. The van der Waals surface area contributed by atoms with Crippen LogP contribution in [0.15, 0.2) is 0 Å². The van der Waals surface area contributed by atoms with Gasteiger partial charge in [-0.1, -0.05) is 27.2 Å². The van der Waals surface area contributed by atoms with E-state index in [0.717, 1.165) is 0 Å². The van der Waals surface area contributed by atoms with Gasteiger partial charge in [0.2, 0.25) is 0 Å². The van der Waals surface area contributed by atoms with E-state index in [4.69, 9.17) is 0 Å². The summed E-state index contributed by atoms with van der Waals surface area (Å²) in [5.41, 5.74) is 0.524. The molecule has 1 fully saturated rings. The Morgan fingerprint density at radius 3 is 2.07 bits per heavy atom. The van der Waals surface area contributed by atoms with Gasteiger partial charge < -0.3 is 0 Å². The van der Waals surface area contributed by atoms with Gasteiger partial charge in [0.05, 0.1) is 0 Å². The largest absolute Gasteiger partial charge is 0.296 e. The van der Waals surface area contributed by atoms with Gasteiger partial charge >= 0.3 is 0 Å². The maximum atomic E-state index is 2.76. The highest BCUT2D eigenvalue weighted by Gasteiger charge is 2.32. The molecule has 0 spiro atoms. The molecule has 84 valence electrons. The van der Waals surface area contributed by atoms with E-state index >= 15 is 0 Å². The number of thioether (sulfide) groups is 1. The van der Waals surface area contributed by atoms with Crippen LogP contribution in [0.1, 0.15) is 46.5 Å². The highest BCUT2D eigenvalue weighted by atomic mass is 32.2. The van der Waals surface area contributed by atoms with E-state index in [1.54, 1.807) is 0 Å². The molecule has 0 bridgehead atoms. The van der Waals surface area contributed by atoms with Crippen LogP contribution < -0.4 is 0 Å². The molecule has 1 saturated heterocycles. The van der Waals surface area contributed by atoms with E-state index in [9.17, 15) is 0 Å². The lowest BCUT2D eigenvalue weighted by molar-refractivity contribution is 0.0791. The van der Waals surface area contributed by atoms with Crippen LogP contribution in [0.5, 0.6) is 0 Å². The van der Waals surface area contributed by atoms with Crippen LogP contribution >= 0.6 is 11.8 Å². The average Bonchev–Trinajstić information content (AvgIpc) is 2.27. The monoisotopic (exact) mass is 215 g/mol. The molecule has 0 atom stereocenters. The predicted octanol–water partition coefficient (Wildman–Crippen LogP) is 3.39. The number of nitrogens with zero attached hydrogens (tertiary/aromatic N) is 1. The summed E-state index contributed by atoms with van der Waals surface area (Å²) in [6.45, 7) is 9.67. The summed E-state index contributed by atoms with van der Waals surface area (Å²) < 4.78 is 0. The predicted molar refractivity (Wildman–Crippen MR) is 67.1 cm³/mol. The molecule has 0 amide bonds. The number of hydrogen-bond donors (Lipinski definition) is 0. The minimum Gasteiger partial charge on any atom is -0.296 e. The van der Waals surface area contributed by atoms with Gasteiger partial charge in [0.25, 0.3) is 0 Å². The Kier molecular flexibility index (Phi) is 5.32. The average molecular weight is 215 g/mol. The Bertz CT molecular complexity index is 148. The molecule has 1 heterocycles. The van der Waals surface area contributed by atoms with Gasteiger partial charge in [-0.15, -0.1) is 0 Å². The SMILES string of the molecule is CCCC(CC)(CC)N1CCSCC1. The second-order valence-corrected chi connectivity index (χ2v) is 5.51. The van der Waals surface area contributed by atoms with E-state index in [1.807, 2.05) is 0 Å². The molecule has 1 aliphatic heterocycles. The molecule has 1 nitrogen and oxygen atoms in total. The van der Waals surface area contributed by atoms with Gasteiger partial charge in [-0.3, -0.25) is 4.90 Å². The second kappa shape index (κ2) is 6.02. The Hall–Kier alpha value is 0.310. The second-order valence-electron chi connectivity index (χ2n) is 4.28. The third-order valence-corrected chi connectivity index (χ3v) is 4.66. The molecule has 14 heavy (non-hydrogen) atoms. The van der Waals surface area contributed by atoms with Crippen molar-refractivity contribution in [1.82, 2.24) is 4.90 Å². The molecule has 0 aliphatic carbocycles. The van der Waals surface area contributed by atoms with Crippen LogP contribution in [0.25, 0.3) is 0 Å². The Morgan fingerprint density at radius 1 is 1.07 bits per heavy atom. The third kappa shape index (κ3) is 2.66. The summed E-state index contributed by atoms with van der Waals surface area (Å²) in [5, 5.41) is 0. The summed E-state index contributed by atoms with van der Waals surface area (Å²) in [7, 11) is 0. The lowest BCUT2D eigenvalue weighted by Gasteiger charge is -2.45. The van der Waals surface area contributed by atoms with Crippen molar-refractivity contribution in [1.29, 1.82) is 0 Å². The number of hydrogen-bond acceptors (Lipinski definition) is 2. The van der Waals surface area contributed by atoms with Crippen LogP contribution in [0.2, 0.25) is 0 Å². The van der Waals surface area contributed by atoms with Crippen LogP contribution in [0.3, 0.4) is 0 Å². The molecule has 0 radical (unpaired) electrons. The van der Waals surface area contributed by atoms with Crippen molar-refractivity contribution in [3.05, 3.63) is 0 Å². The lowest BCUT2D eigenvalue weighted by Crippen LogP contribution is -2.51. The standard InChI is InChI=1S/C12H25NS/c1-4-7-12(5-2,6-3)13-8-10-14-11-9-13/h4-11H2,1-3H3. The van der Waals surface area contributed by atoms with Crippen molar-refractivity contribution in [2.24, 2.45) is 0 Å². The molecule has 1 rings (SSSR count). The Morgan fingerprint density at radius 2 is 1.64 bits per heavy atom. The number of rotatable bonds is 5. The molecular weight excluding hydrogens is 190 g/mol. The van der Waals surface area contributed by atoms with Crippen molar-refractivity contribution in [3.63, 3.8) is 0 Å². The van der Waals surface area contributed by atoms with Gasteiger partial charge in [0, 0.05) is 30.1 Å². The van der Waals surface area contributed by atoms with Gasteiger partial charge in [-0.05, 0) is 19.3 Å². The summed E-state index contributed by atoms with van der Waals surface area (Å²) >= 11 is 2.11. The van der Waals surface area contributed by atoms with Gasteiger partial charge in [-0.2, -0.15) is 11.8 Å². The molecule has 0 unspecified atom stereocenters. The maximum absolute atomic E-state index is 2.76. The summed E-state index contributed by atoms with van der Waals surface area (Å²) in [4.78, 5) is 2.76. The van der Waals surface area contributed by atoms with Crippen molar-refractivity contribution in [2.75, 3.05) is 24.6 Å². The molecule has 0 saturated carbocycles. The smallest absolute Gasteiger partial charge is 0.0204 e. The molecular formula is C12H25NS. The van der Waals surface area contributed by atoms with E-state index < -0.39 is 0 Å². The molecule has 2 heteroatoms. The highest BCUT2D eigenvalue weighted by molar-refractivity contribution is 7.99.